The number of fused-ring (bicyclic) bond motifs is 2. The van der Waals surface area contributed by atoms with Gasteiger partial charge in [0.2, 0.25) is 0 Å². The lowest BCUT2D eigenvalue weighted by molar-refractivity contribution is 0.0929. The number of likely N-dealkylation sites (N-methyl/N-ethyl adjacent to an activating group) is 1. The van der Waals surface area contributed by atoms with Gasteiger partial charge in [-0.3, -0.25) is 4.79 Å². The summed E-state index contributed by atoms with van der Waals surface area (Å²) in [6.07, 6.45) is 4.00. The van der Waals surface area contributed by atoms with E-state index in [0.29, 0.717) is 5.58 Å². The Balaban J connectivity index is 1.57. The molecule has 3 aromatic rings. The Kier molecular flexibility index (Phi) is 4.98. The third-order valence-electron chi connectivity index (χ3n) is 5.70. The highest BCUT2D eigenvalue weighted by molar-refractivity contribution is 5.97. The van der Waals surface area contributed by atoms with E-state index < -0.39 is 0 Å². The largest absolute Gasteiger partial charge is 0.451 e. The van der Waals surface area contributed by atoms with Gasteiger partial charge < -0.3 is 9.32 Å². The van der Waals surface area contributed by atoms with Gasteiger partial charge >= 0.3 is 5.91 Å². The lowest BCUT2D eigenvalue weighted by Gasteiger charge is -2.43. The quantitative estimate of drug-likeness (QED) is 0.462. The van der Waals surface area contributed by atoms with Crippen LogP contribution in [0.25, 0.3) is 16.5 Å². The molecule has 0 aliphatic carbocycles. The predicted molar refractivity (Wildman–Crippen MR) is 123 cm³/mol. The molecular formula is C25H27N3O2. The molecule has 5 nitrogen and oxygen atoms in total. The van der Waals surface area contributed by atoms with E-state index in [1.165, 1.54) is 16.8 Å². The number of carbonyl (C=O) groups is 1. The summed E-state index contributed by atoms with van der Waals surface area (Å²) < 4.78 is 5.59. The van der Waals surface area contributed by atoms with Crippen molar-refractivity contribution in [2.45, 2.75) is 40.2 Å². The number of aryl methyl sites for hydroxylation is 1. The zero-order chi connectivity index (χ0) is 21.5. The topological polar surface area (TPSA) is 57.8 Å². The molecule has 0 spiro atoms. The van der Waals surface area contributed by atoms with Crippen LogP contribution >= 0.6 is 0 Å². The first kappa shape index (κ1) is 20.0. The van der Waals surface area contributed by atoms with Gasteiger partial charge in [0.1, 0.15) is 5.58 Å². The van der Waals surface area contributed by atoms with E-state index in [4.69, 9.17) is 4.42 Å². The molecule has 1 aliphatic rings. The second-order valence-electron chi connectivity index (χ2n) is 8.30. The summed E-state index contributed by atoms with van der Waals surface area (Å²) in [6, 6.07) is 13.6. The van der Waals surface area contributed by atoms with Crippen LogP contribution in [0.3, 0.4) is 0 Å². The zero-order valence-corrected chi connectivity index (χ0v) is 18.1. The fourth-order valence-electron chi connectivity index (χ4n) is 4.27. The van der Waals surface area contributed by atoms with Crippen LogP contribution in [0, 0.1) is 6.92 Å². The second-order valence-corrected chi connectivity index (χ2v) is 8.30. The maximum absolute atomic E-state index is 12.4. The Morgan fingerprint density at radius 1 is 1.20 bits per heavy atom. The molecule has 5 heteroatoms. The summed E-state index contributed by atoms with van der Waals surface area (Å²) in [5, 5.41) is 5.06. The SMILES string of the molecule is CCN1c2cc(C)c(/C=N/NC(=O)c3cc4ccccc4o3)cc2C(C)=CC1(C)C. The van der Waals surface area contributed by atoms with Crippen LogP contribution in [0.5, 0.6) is 0 Å². The van der Waals surface area contributed by atoms with Gasteiger partial charge in [-0.25, -0.2) is 5.43 Å². The fourth-order valence-corrected chi connectivity index (χ4v) is 4.27. The van der Waals surface area contributed by atoms with Gasteiger partial charge in [-0.2, -0.15) is 5.10 Å². The lowest BCUT2D eigenvalue weighted by atomic mass is 9.87. The number of carbonyl (C=O) groups excluding carboxylic acids is 1. The molecule has 1 N–H and O–H groups in total. The summed E-state index contributed by atoms with van der Waals surface area (Å²) in [7, 11) is 0. The molecule has 0 bridgehead atoms. The molecule has 0 unspecified atom stereocenters. The van der Waals surface area contributed by atoms with Crippen molar-refractivity contribution < 1.29 is 9.21 Å². The first-order chi connectivity index (χ1) is 14.3. The van der Waals surface area contributed by atoms with Crippen molar-refractivity contribution >= 4 is 34.4 Å². The van der Waals surface area contributed by atoms with Gasteiger partial charge in [0.05, 0.1) is 11.8 Å². The van der Waals surface area contributed by atoms with Gasteiger partial charge in [-0.1, -0.05) is 24.3 Å². The van der Waals surface area contributed by atoms with Gasteiger partial charge in [0, 0.05) is 23.2 Å². The van der Waals surface area contributed by atoms with Gasteiger partial charge in [0.25, 0.3) is 0 Å². The number of benzene rings is 2. The van der Waals surface area contributed by atoms with Crippen LogP contribution < -0.4 is 10.3 Å². The van der Waals surface area contributed by atoms with Crippen molar-refractivity contribution in [1.29, 1.82) is 0 Å². The highest BCUT2D eigenvalue weighted by Gasteiger charge is 2.30. The minimum absolute atomic E-state index is 0.0194. The van der Waals surface area contributed by atoms with Crippen molar-refractivity contribution in [1.82, 2.24) is 5.43 Å². The van der Waals surface area contributed by atoms with E-state index >= 15 is 0 Å². The Bertz CT molecular complexity index is 1150. The lowest BCUT2D eigenvalue weighted by Crippen LogP contribution is -2.45. The number of allylic oxidation sites excluding steroid dienone is 1. The van der Waals surface area contributed by atoms with E-state index in [0.717, 1.165) is 23.1 Å². The van der Waals surface area contributed by atoms with Crippen LogP contribution in [0.1, 0.15) is 54.9 Å². The molecule has 1 amide bonds. The van der Waals surface area contributed by atoms with Crippen LogP contribution in [-0.4, -0.2) is 24.2 Å². The normalized spacial score (nSPS) is 15.4. The average Bonchev–Trinajstić information content (AvgIpc) is 3.13. The van der Waals surface area contributed by atoms with Crippen molar-refractivity contribution in [2.24, 2.45) is 5.10 Å². The molecule has 0 atom stereocenters. The Morgan fingerprint density at radius 3 is 2.70 bits per heavy atom. The molecule has 0 fully saturated rings. The van der Waals surface area contributed by atoms with Crippen LogP contribution in [0.15, 0.2) is 58.1 Å². The minimum Gasteiger partial charge on any atom is -0.451 e. The number of hydrogen-bond acceptors (Lipinski definition) is 4. The highest BCUT2D eigenvalue weighted by Crippen LogP contribution is 2.39. The summed E-state index contributed by atoms with van der Waals surface area (Å²) >= 11 is 0. The molecule has 2 aromatic carbocycles. The van der Waals surface area contributed by atoms with E-state index in [9.17, 15) is 4.79 Å². The molecule has 30 heavy (non-hydrogen) atoms. The van der Waals surface area contributed by atoms with Crippen molar-refractivity contribution in [3.8, 4) is 0 Å². The predicted octanol–water partition coefficient (Wildman–Crippen LogP) is 5.53. The summed E-state index contributed by atoms with van der Waals surface area (Å²) in [5.41, 5.74) is 9.01. The smallest absolute Gasteiger partial charge is 0.307 e. The number of hydrogen-bond donors (Lipinski definition) is 1. The highest BCUT2D eigenvalue weighted by atomic mass is 16.3. The Morgan fingerprint density at radius 2 is 1.97 bits per heavy atom. The third-order valence-corrected chi connectivity index (χ3v) is 5.70. The zero-order valence-electron chi connectivity index (χ0n) is 18.1. The number of furan rings is 1. The Labute approximate surface area is 177 Å². The number of hydrazone groups is 1. The Hall–Kier alpha value is -3.34. The fraction of sp³-hybridized carbons (Fsp3) is 0.280. The van der Waals surface area contributed by atoms with Crippen molar-refractivity contribution in [3.63, 3.8) is 0 Å². The summed E-state index contributed by atoms with van der Waals surface area (Å²) in [5.74, 6) is -0.122. The molecule has 2 heterocycles. The van der Waals surface area contributed by atoms with E-state index in [1.807, 2.05) is 24.3 Å². The minimum atomic E-state index is -0.368. The number of amides is 1. The second kappa shape index (κ2) is 7.48. The summed E-state index contributed by atoms with van der Waals surface area (Å²) in [4.78, 5) is 14.8. The molecular weight excluding hydrogens is 374 g/mol. The van der Waals surface area contributed by atoms with Gasteiger partial charge in [-0.05, 0) is 75.6 Å². The van der Waals surface area contributed by atoms with E-state index in [2.05, 4.69) is 68.3 Å². The number of nitrogens with one attached hydrogen (secondary N) is 1. The van der Waals surface area contributed by atoms with Crippen LogP contribution in [0.2, 0.25) is 0 Å². The van der Waals surface area contributed by atoms with Crippen molar-refractivity contribution in [3.05, 3.63) is 71.0 Å². The van der Waals surface area contributed by atoms with Gasteiger partial charge in [-0.15, -0.1) is 0 Å². The first-order valence-corrected chi connectivity index (χ1v) is 10.2. The number of nitrogens with zero attached hydrogens (tertiary/aromatic N) is 2. The molecule has 154 valence electrons. The number of anilines is 1. The molecule has 1 aliphatic heterocycles. The van der Waals surface area contributed by atoms with Crippen molar-refractivity contribution in [2.75, 3.05) is 11.4 Å². The maximum Gasteiger partial charge on any atom is 0.307 e. The first-order valence-electron chi connectivity index (χ1n) is 10.2. The molecule has 0 saturated heterocycles. The molecule has 1 aromatic heterocycles. The van der Waals surface area contributed by atoms with Crippen LogP contribution in [-0.2, 0) is 0 Å². The summed E-state index contributed by atoms with van der Waals surface area (Å²) in [6.45, 7) is 11.8. The molecule has 0 saturated carbocycles. The van der Waals surface area contributed by atoms with E-state index in [1.54, 1.807) is 12.3 Å². The standard InChI is InChI=1S/C25H27N3O2/c1-6-28-21-11-16(2)19(12-20(21)17(3)14-25(28,4)5)15-26-27-24(29)23-13-18-9-7-8-10-22(18)30-23/h7-15H,6H2,1-5H3,(H,27,29)/b26-15+. The molecule has 0 radical (unpaired) electrons. The average molecular weight is 402 g/mol. The third kappa shape index (κ3) is 3.52. The molecule has 4 rings (SSSR count). The monoisotopic (exact) mass is 401 g/mol. The number of para-hydroxylation sites is 1. The number of rotatable bonds is 4. The van der Waals surface area contributed by atoms with Gasteiger partial charge in [0.15, 0.2) is 5.76 Å². The maximum atomic E-state index is 12.4. The van der Waals surface area contributed by atoms with Crippen LogP contribution in [0.4, 0.5) is 5.69 Å². The van der Waals surface area contributed by atoms with E-state index in [-0.39, 0.29) is 17.2 Å².